The number of anilines is 2. The van der Waals surface area contributed by atoms with Gasteiger partial charge in [-0.25, -0.2) is 0 Å². The molecule has 8 heteroatoms. The average molecular weight is 301 g/mol. The smallest absolute Gasteiger partial charge is 0.231 e. The fourth-order valence-corrected chi connectivity index (χ4v) is 1.79. The quantitative estimate of drug-likeness (QED) is 0.808. The molecule has 0 unspecified atom stereocenters. The van der Waals surface area contributed by atoms with Crippen LogP contribution in [0.25, 0.3) is 0 Å². The fourth-order valence-electron chi connectivity index (χ4n) is 1.64. The highest BCUT2D eigenvalue weighted by Gasteiger charge is 2.13. The van der Waals surface area contributed by atoms with Crippen molar-refractivity contribution in [1.82, 2.24) is 20.3 Å². The molecule has 7 nitrogen and oxygen atoms in total. The Hall–Kier alpha value is -1.63. The molecule has 112 valence electrons. The third-order valence-corrected chi connectivity index (χ3v) is 3.09. The van der Waals surface area contributed by atoms with Gasteiger partial charge in [-0.15, -0.1) is 0 Å². The van der Waals surface area contributed by atoms with Crippen LogP contribution >= 0.6 is 11.6 Å². The molecule has 0 radical (unpaired) electrons. The summed E-state index contributed by atoms with van der Waals surface area (Å²) in [6, 6.07) is 0. The Labute approximate surface area is 124 Å². The Balaban J connectivity index is 2.86. The number of rotatable bonds is 7. The van der Waals surface area contributed by atoms with Gasteiger partial charge in [0.05, 0.1) is 0 Å². The summed E-state index contributed by atoms with van der Waals surface area (Å²) >= 11 is 5.95. The van der Waals surface area contributed by atoms with Gasteiger partial charge in [0.2, 0.25) is 23.1 Å². The Morgan fingerprint density at radius 1 is 1.20 bits per heavy atom. The predicted octanol–water partition coefficient (Wildman–Crippen LogP) is 0.943. The first-order valence-electron chi connectivity index (χ1n) is 6.60. The van der Waals surface area contributed by atoms with E-state index in [9.17, 15) is 4.79 Å². The number of amides is 1. The molecule has 0 saturated heterocycles. The van der Waals surface area contributed by atoms with Crippen LogP contribution < -0.4 is 15.1 Å². The summed E-state index contributed by atoms with van der Waals surface area (Å²) in [7, 11) is 3.43. The minimum absolute atomic E-state index is 0.0269. The Kier molecular flexibility index (Phi) is 6.44. The highest BCUT2D eigenvalue weighted by atomic mass is 35.5. The minimum atomic E-state index is -0.0269. The maximum atomic E-state index is 11.3. The van der Waals surface area contributed by atoms with E-state index in [1.54, 1.807) is 11.9 Å². The zero-order chi connectivity index (χ0) is 15.1. The lowest BCUT2D eigenvalue weighted by atomic mass is 10.4. The molecule has 20 heavy (non-hydrogen) atoms. The molecule has 1 aromatic rings. The summed E-state index contributed by atoms with van der Waals surface area (Å²) in [5.41, 5.74) is 0. The molecule has 0 aromatic carbocycles. The molecule has 1 N–H and O–H groups in total. The van der Waals surface area contributed by atoms with Crippen LogP contribution in [0.3, 0.4) is 0 Å². The summed E-state index contributed by atoms with van der Waals surface area (Å²) in [5, 5.41) is 2.73. The summed E-state index contributed by atoms with van der Waals surface area (Å²) in [5.74, 6) is 0.994. The molecule has 0 saturated carbocycles. The van der Waals surface area contributed by atoms with Gasteiger partial charge in [-0.05, 0) is 25.4 Å². The van der Waals surface area contributed by atoms with Crippen molar-refractivity contribution < 1.29 is 4.79 Å². The number of halogens is 1. The van der Waals surface area contributed by atoms with Gasteiger partial charge in [0.15, 0.2) is 0 Å². The second-order valence-electron chi connectivity index (χ2n) is 4.22. The second-order valence-corrected chi connectivity index (χ2v) is 4.56. The summed E-state index contributed by atoms with van der Waals surface area (Å²) < 4.78 is 0. The van der Waals surface area contributed by atoms with E-state index in [1.807, 2.05) is 25.8 Å². The van der Waals surface area contributed by atoms with E-state index in [1.165, 1.54) is 0 Å². The number of aromatic nitrogens is 3. The SMILES string of the molecule is CCN(CC)c1nc(Cl)nc(N(C)CCC(=O)NC)n1. The first-order chi connectivity index (χ1) is 9.51. The van der Waals surface area contributed by atoms with E-state index in [4.69, 9.17) is 11.6 Å². The van der Waals surface area contributed by atoms with Crippen LogP contribution in [0.5, 0.6) is 0 Å². The molecule has 0 spiro atoms. The Bertz CT molecular complexity index is 452. The highest BCUT2D eigenvalue weighted by molar-refractivity contribution is 6.28. The molecular weight excluding hydrogens is 280 g/mol. The van der Waals surface area contributed by atoms with E-state index in [2.05, 4.69) is 20.3 Å². The van der Waals surface area contributed by atoms with Gasteiger partial charge >= 0.3 is 0 Å². The van der Waals surface area contributed by atoms with Gasteiger partial charge in [0, 0.05) is 40.2 Å². The topological polar surface area (TPSA) is 74.2 Å². The van der Waals surface area contributed by atoms with Crippen molar-refractivity contribution in [3.63, 3.8) is 0 Å². The number of nitrogens with one attached hydrogen (secondary N) is 1. The van der Waals surface area contributed by atoms with Crippen molar-refractivity contribution in [2.75, 3.05) is 43.5 Å². The molecule has 0 aliphatic rings. The lowest BCUT2D eigenvalue weighted by molar-refractivity contribution is -0.120. The van der Waals surface area contributed by atoms with E-state index in [-0.39, 0.29) is 11.2 Å². The normalized spacial score (nSPS) is 10.2. The molecule has 0 bridgehead atoms. The van der Waals surface area contributed by atoms with Gasteiger partial charge < -0.3 is 15.1 Å². The third kappa shape index (κ3) is 4.48. The maximum Gasteiger partial charge on any atom is 0.231 e. The molecule has 0 atom stereocenters. The molecule has 0 aliphatic carbocycles. The molecule has 0 aliphatic heterocycles. The van der Waals surface area contributed by atoms with E-state index < -0.39 is 0 Å². The van der Waals surface area contributed by atoms with Gasteiger partial charge in [-0.3, -0.25) is 4.79 Å². The summed E-state index contributed by atoms with van der Waals surface area (Å²) in [6.45, 7) is 6.14. The number of carbonyl (C=O) groups excluding carboxylic acids is 1. The van der Waals surface area contributed by atoms with E-state index in [0.29, 0.717) is 24.9 Å². The molecule has 1 heterocycles. The fraction of sp³-hybridized carbons (Fsp3) is 0.667. The van der Waals surface area contributed by atoms with Crippen molar-refractivity contribution in [1.29, 1.82) is 0 Å². The van der Waals surface area contributed by atoms with Crippen molar-refractivity contribution >= 4 is 29.4 Å². The monoisotopic (exact) mass is 300 g/mol. The zero-order valence-electron chi connectivity index (χ0n) is 12.4. The number of nitrogens with zero attached hydrogens (tertiary/aromatic N) is 5. The van der Waals surface area contributed by atoms with Crippen LogP contribution in [0.2, 0.25) is 5.28 Å². The van der Waals surface area contributed by atoms with Gasteiger partial charge in [0.1, 0.15) is 0 Å². The van der Waals surface area contributed by atoms with E-state index >= 15 is 0 Å². The Morgan fingerprint density at radius 2 is 1.80 bits per heavy atom. The second kappa shape index (κ2) is 7.84. The predicted molar refractivity (Wildman–Crippen MR) is 80.4 cm³/mol. The van der Waals surface area contributed by atoms with Gasteiger partial charge in [-0.2, -0.15) is 15.0 Å². The first-order valence-corrected chi connectivity index (χ1v) is 6.97. The maximum absolute atomic E-state index is 11.3. The Morgan fingerprint density at radius 3 is 2.35 bits per heavy atom. The van der Waals surface area contributed by atoms with Crippen LogP contribution in [0, 0.1) is 0 Å². The molecule has 0 fully saturated rings. The number of hydrogen-bond acceptors (Lipinski definition) is 6. The largest absolute Gasteiger partial charge is 0.359 e. The number of hydrogen-bond donors (Lipinski definition) is 1. The van der Waals surface area contributed by atoms with Crippen molar-refractivity contribution in [2.24, 2.45) is 0 Å². The zero-order valence-corrected chi connectivity index (χ0v) is 13.1. The van der Waals surface area contributed by atoms with Crippen molar-refractivity contribution in [3.05, 3.63) is 5.28 Å². The van der Waals surface area contributed by atoms with Gasteiger partial charge in [-0.1, -0.05) is 0 Å². The van der Waals surface area contributed by atoms with Crippen molar-refractivity contribution in [3.8, 4) is 0 Å². The summed E-state index contributed by atoms with van der Waals surface area (Å²) in [4.78, 5) is 27.7. The van der Waals surface area contributed by atoms with Gasteiger partial charge in [0.25, 0.3) is 0 Å². The summed E-state index contributed by atoms with van der Waals surface area (Å²) in [6.07, 6.45) is 0.372. The first kappa shape index (κ1) is 16.4. The van der Waals surface area contributed by atoms with Crippen LogP contribution in [0.1, 0.15) is 20.3 Å². The lowest BCUT2D eigenvalue weighted by Crippen LogP contribution is -2.29. The van der Waals surface area contributed by atoms with Crippen LogP contribution in [0.15, 0.2) is 0 Å². The number of carbonyl (C=O) groups is 1. The third-order valence-electron chi connectivity index (χ3n) is 2.93. The highest BCUT2D eigenvalue weighted by Crippen LogP contribution is 2.15. The lowest BCUT2D eigenvalue weighted by Gasteiger charge is -2.21. The molecule has 1 rings (SSSR count). The van der Waals surface area contributed by atoms with Crippen molar-refractivity contribution in [2.45, 2.75) is 20.3 Å². The van der Waals surface area contributed by atoms with Crippen LogP contribution in [-0.2, 0) is 4.79 Å². The van der Waals surface area contributed by atoms with Crippen LogP contribution in [0.4, 0.5) is 11.9 Å². The minimum Gasteiger partial charge on any atom is -0.359 e. The average Bonchev–Trinajstić information content (AvgIpc) is 2.45. The van der Waals surface area contributed by atoms with E-state index in [0.717, 1.165) is 13.1 Å². The molecule has 1 aromatic heterocycles. The molecular formula is C12H21ClN6O. The van der Waals surface area contributed by atoms with Crippen LogP contribution in [-0.4, -0.2) is 54.6 Å². The molecule has 1 amide bonds. The standard InChI is InChI=1S/C12H21ClN6O/c1-5-19(6-2)12-16-10(13)15-11(17-12)18(4)8-7-9(20)14-3/h5-8H2,1-4H3,(H,14,20).